The van der Waals surface area contributed by atoms with Gasteiger partial charge < -0.3 is 14.2 Å². The molecule has 11 heteroatoms. The van der Waals surface area contributed by atoms with E-state index >= 15 is 0 Å². The van der Waals surface area contributed by atoms with Gasteiger partial charge in [-0.3, -0.25) is 14.9 Å². The van der Waals surface area contributed by atoms with E-state index in [0.29, 0.717) is 27.1 Å². The lowest BCUT2D eigenvalue weighted by Crippen LogP contribution is -2.54. The number of nitrogens with one attached hydrogen (secondary N) is 1. The van der Waals surface area contributed by atoms with Crippen molar-refractivity contribution in [1.29, 1.82) is 0 Å². The summed E-state index contributed by atoms with van der Waals surface area (Å²) >= 11 is 9.74. The summed E-state index contributed by atoms with van der Waals surface area (Å²) in [6.07, 6.45) is 1.31. The van der Waals surface area contributed by atoms with Gasteiger partial charge in [0.1, 0.15) is 18.0 Å². The zero-order valence-corrected chi connectivity index (χ0v) is 20.6. The summed E-state index contributed by atoms with van der Waals surface area (Å²) in [6, 6.07) is 12.9. The van der Waals surface area contributed by atoms with Crippen molar-refractivity contribution in [2.45, 2.75) is 6.61 Å². The van der Waals surface area contributed by atoms with E-state index in [-0.39, 0.29) is 35.4 Å². The van der Waals surface area contributed by atoms with Gasteiger partial charge in [0.15, 0.2) is 17.2 Å². The van der Waals surface area contributed by atoms with Crippen LogP contribution < -0.4 is 24.4 Å². The van der Waals surface area contributed by atoms with Gasteiger partial charge in [-0.05, 0) is 57.9 Å². The molecular weight excluding hydrogens is 559 g/mol. The molecule has 2 aliphatic heterocycles. The van der Waals surface area contributed by atoms with E-state index in [2.05, 4.69) is 21.2 Å². The molecule has 0 aliphatic carbocycles. The van der Waals surface area contributed by atoms with Gasteiger partial charge in [0, 0.05) is 11.6 Å². The van der Waals surface area contributed by atoms with E-state index in [4.69, 9.17) is 25.8 Å². The van der Waals surface area contributed by atoms with E-state index < -0.39 is 23.7 Å². The average molecular weight is 574 g/mol. The molecule has 2 heterocycles. The molecule has 3 aromatic carbocycles. The summed E-state index contributed by atoms with van der Waals surface area (Å²) in [5, 5.41) is 2.33. The molecule has 1 fully saturated rings. The second-order valence-electron chi connectivity index (χ2n) is 7.69. The highest BCUT2D eigenvalue weighted by Crippen LogP contribution is 2.38. The molecule has 1 saturated heterocycles. The lowest BCUT2D eigenvalue weighted by molar-refractivity contribution is -0.122. The molecule has 0 atom stereocenters. The quantitative estimate of drug-likeness (QED) is 0.333. The molecule has 36 heavy (non-hydrogen) atoms. The van der Waals surface area contributed by atoms with E-state index in [9.17, 15) is 18.8 Å². The van der Waals surface area contributed by atoms with Crippen molar-refractivity contribution in [1.82, 2.24) is 5.32 Å². The van der Waals surface area contributed by atoms with Crippen LogP contribution in [0.1, 0.15) is 11.1 Å². The second-order valence-corrected chi connectivity index (χ2v) is 8.95. The minimum Gasteiger partial charge on any atom is -0.486 e. The Labute approximate surface area is 217 Å². The van der Waals surface area contributed by atoms with Gasteiger partial charge in [-0.2, -0.15) is 0 Å². The Morgan fingerprint density at radius 1 is 1.08 bits per heavy atom. The number of benzene rings is 3. The van der Waals surface area contributed by atoms with Crippen LogP contribution >= 0.6 is 27.5 Å². The summed E-state index contributed by atoms with van der Waals surface area (Å²) in [4.78, 5) is 39.0. The Morgan fingerprint density at radius 2 is 1.86 bits per heavy atom. The number of imide groups is 2. The number of carbonyl (C=O) groups excluding carboxylic acids is 3. The second kappa shape index (κ2) is 9.63. The SMILES string of the molecule is O=C1NC(=O)N(c2ccc3c(c2)OCO3)C(=O)/C1=C/c1cc(Cl)c(OCc2ccccc2F)c(Br)c1. The van der Waals surface area contributed by atoms with Crippen LogP contribution in [0.25, 0.3) is 6.08 Å². The van der Waals surface area contributed by atoms with E-state index in [0.717, 1.165) is 4.90 Å². The highest BCUT2D eigenvalue weighted by atomic mass is 79.9. The number of nitrogens with zero attached hydrogens (tertiary/aromatic N) is 1. The zero-order valence-electron chi connectivity index (χ0n) is 18.2. The number of barbiturate groups is 1. The van der Waals surface area contributed by atoms with Crippen molar-refractivity contribution in [3.05, 3.63) is 86.6 Å². The number of hydrogen-bond donors (Lipinski definition) is 1. The van der Waals surface area contributed by atoms with Crippen LogP contribution in [0.4, 0.5) is 14.9 Å². The summed E-state index contributed by atoms with van der Waals surface area (Å²) in [5.74, 6) is -0.971. The maximum atomic E-state index is 13.9. The molecule has 0 spiro atoms. The van der Waals surface area contributed by atoms with E-state index in [1.807, 2.05) is 0 Å². The molecule has 8 nitrogen and oxygen atoms in total. The monoisotopic (exact) mass is 572 g/mol. The fourth-order valence-corrected chi connectivity index (χ4v) is 4.64. The minimum atomic E-state index is -0.892. The highest BCUT2D eigenvalue weighted by molar-refractivity contribution is 9.10. The minimum absolute atomic E-state index is 0.0260. The van der Waals surface area contributed by atoms with Gasteiger partial charge in [0.2, 0.25) is 6.79 Å². The first-order valence-electron chi connectivity index (χ1n) is 10.5. The van der Waals surface area contributed by atoms with Crippen LogP contribution in [-0.4, -0.2) is 24.6 Å². The molecular formula is C25H15BrClFN2O6. The Morgan fingerprint density at radius 3 is 2.64 bits per heavy atom. The standard InChI is InChI=1S/C25H15BrClFN2O6/c26-17-8-13(9-18(27)22(17)34-11-14-3-1-2-4-19(14)28)7-16-23(31)29-25(33)30(24(16)32)15-5-6-20-21(10-15)36-12-35-20/h1-10H,11-12H2,(H,29,31,33)/b16-7+. The normalized spacial score (nSPS) is 15.9. The first-order chi connectivity index (χ1) is 17.3. The molecule has 4 amide bonds. The van der Waals surface area contributed by atoms with Crippen molar-refractivity contribution in [2.75, 3.05) is 11.7 Å². The van der Waals surface area contributed by atoms with Crippen molar-refractivity contribution < 1.29 is 33.0 Å². The van der Waals surface area contributed by atoms with Crippen LogP contribution in [0.5, 0.6) is 17.2 Å². The molecule has 182 valence electrons. The number of anilines is 1. The third-order valence-corrected chi connectivity index (χ3v) is 6.25. The van der Waals surface area contributed by atoms with Crippen molar-refractivity contribution in [2.24, 2.45) is 0 Å². The average Bonchev–Trinajstić information content (AvgIpc) is 3.30. The molecule has 2 aliphatic rings. The fraction of sp³-hybridized carbons (Fsp3) is 0.0800. The number of ether oxygens (including phenoxy) is 3. The molecule has 0 unspecified atom stereocenters. The molecule has 1 N–H and O–H groups in total. The van der Waals surface area contributed by atoms with Crippen LogP contribution in [0.3, 0.4) is 0 Å². The summed E-state index contributed by atoms with van der Waals surface area (Å²) in [6.45, 7) is -0.0306. The molecule has 5 rings (SSSR count). The number of urea groups is 1. The maximum absolute atomic E-state index is 13.9. The highest BCUT2D eigenvalue weighted by Gasteiger charge is 2.37. The molecule has 0 radical (unpaired) electrons. The van der Waals surface area contributed by atoms with Crippen molar-refractivity contribution in [3.8, 4) is 17.2 Å². The fourth-order valence-electron chi connectivity index (χ4n) is 3.65. The predicted molar refractivity (Wildman–Crippen MR) is 131 cm³/mol. The number of fused-ring (bicyclic) bond motifs is 1. The molecule has 3 aromatic rings. The summed E-state index contributed by atoms with van der Waals surface area (Å²) < 4.78 is 30.6. The number of rotatable bonds is 5. The number of amides is 4. The van der Waals surface area contributed by atoms with Gasteiger partial charge in [-0.15, -0.1) is 0 Å². The zero-order chi connectivity index (χ0) is 25.4. The van der Waals surface area contributed by atoms with Gasteiger partial charge in [0.25, 0.3) is 11.8 Å². The van der Waals surface area contributed by atoms with E-state index in [1.54, 1.807) is 30.3 Å². The maximum Gasteiger partial charge on any atom is 0.335 e. The van der Waals surface area contributed by atoms with Gasteiger partial charge in [0.05, 0.1) is 15.2 Å². The molecule has 0 bridgehead atoms. The largest absolute Gasteiger partial charge is 0.486 e. The third kappa shape index (κ3) is 4.52. The summed E-state index contributed by atoms with van der Waals surface area (Å²) in [5.41, 5.74) is 0.666. The Bertz CT molecular complexity index is 1440. The lowest BCUT2D eigenvalue weighted by atomic mass is 10.1. The van der Waals surface area contributed by atoms with Gasteiger partial charge in [-0.1, -0.05) is 29.8 Å². The van der Waals surface area contributed by atoms with Gasteiger partial charge in [-0.25, -0.2) is 14.1 Å². The Hall–Kier alpha value is -3.89. The number of carbonyl (C=O) groups is 3. The third-order valence-electron chi connectivity index (χ3n) is 5.38. The Kier molecular flexibility index (Phi) is 6.38. The van der Waals surface area contributed by atoms with Crippen LogP contribution in [0, 0.1) is 5.82 Å². The van der Waals surface area contributed by atoms with Crippen LogP contribution in [-0.2, 0) is 16.2 Å². The lowest BCUT2D eigenvalue weighted by Gasteiger charge is -2.26. The summed E-state index contributed by atoms with van der Waals surface area (Å²) in [7, 11) is 0. The predicted octanol–water partition coefficient (Wildman–Crippen LogP) is 5.22. The van der Waals surface area contributed by atoms with Crippen LogP contribution in [0.2, 0.25) is 5.02 Å². The number of halogens is 3. The Balaban J connectivity index is 1.42. The van der Waals surface area contributed by atoms with Crippen molar-refractivity contribution in [3.63, 3.8) is 0 Å². The molecule has 0 aromatic heterocycles. The van der Waals surface area contributed by atoms with Gasteiger partial charge >= 0.3 is 6.03 Å². The first-order valence-corrected chi connectivity index (χ1v) is 11.7. The van der Waals surface area contributed by atoms with Crippen molar-refractivity contribution >= 4 is 57.1 Å². The topological polar surface area (TPSA) is 94.2 Å². The first kappa shape index (κ1) is 23.8. The molecule has 0 saturated carbocycles. The van der Waals surface area contributed by atoms with E-state index in [1.165, 1.54) is 30.3 Å². The number of hydrogen-bond acceptors (Lipinski definition) is 6. The van der Waals surface area contributed by atoms with Crippen LogP contribution in [0.15, 0.2) is 64.6 Å². The smallest absolute Gasteiger partial charge is 0.335 e.